The van der Waals surface area contributed by atoms with E-state index in [1.54, 1.807) is 14.0 Å². The van der Waals surface area contributed by atoms with Crippen LogP contribution in [-0.2, 0) is 11.0 Å². The molecule has 0 saturated carbocycles. The molecule has 2 N–H and O–H groups in total. The number of halogens is 4. The minimum Gasteiger partial charge on any atom is -0.492 e. The number of benzene rings is 1. The molecule has 1 rings (SSSR count). The van der Waals surface area contributed by atoms with E-state index in [4.69, 9.17) is 4.74 Å². The summed E-state index contributed by atoms with van der Waals surface area (Å²) < 4.78 is 42.7. The van der Waals surface area contributed by atoms with Crippen LogP contribution in [-0.4, -0.2) is 32.7 Å². The Labute approximate surface area is 133 Å². The van der Waals surface area contributed by atoms with Crippen LogP contribution in [0.2, 0.25) is 0 Å². The lowest BCUT2D eigenvalue weighted by Gasteiger charge is -2.13. The van der Waals surface area contributed by atoms with Crippen molar-refractivity contribution < 1.29 is 22.7 Å². The fraction of sp³-hybridized carbons (Fsp3) is 0.500. The molecule has 0 aliphatic carbocycles. The van der Waals surface area contributed by atoms with Gasteiger partial charge in [0.1, 0.15) is 12.4 Å². The summed E-state index contributed by atoms with van der Waals surface area (Å²) in [5.74, 6) is -0.178. The first-order valence-electron chi connectivity index (χ1n) is 6.57. The molecule has 0 aliphatic rings. The SMILES string of the molecule is CNCC(C)C(=O)NCCOc1cccc(C(F)(F)F)c1.Cl. The van der Waals surface area contributed by atoms with Gasteiger partial charge in [0.2, 0.25) is 5.91 Å². The molecule has 0 bridgehead atoms. The van der Waals surface area contributed by atoms with Gasteiger partial charge in [-0.05, 0) is 25.2 Å². The third-order valence-corrected chi connectivity index (χ3v) is 2.79. The van der Waals surface area contributed by atoms with E-state index >= 15 is 0 Å². The van der Waals surface area contributed by atoms with Crippen LogP contribution in [0.1, 0.15) is 12.5 Å². The number of rotatable bonds is 7. The standard InChI is InChI=1S/C14H19F3N2O2.ClH/c1-10(9-18-2)13(20)19-6-7-21-12-5-3-4-11(8-12)14(15,16)17;/h3-5,8,10,18H,6-7,9H2,1-2H3,(H,19,20);1H. The Kier molecular flexibility index (Phi) is 8.89. The number of ether oxygens (including phenoxy) is 1. The van der Waals surface area contributed by atoms with Crippen LogP contribution in [0.4, 0.5) is 13.2 Å². The second kappa shape index (κ2) is 9.53. The first kappa shape index (κ1) is 20.5. The maximum atomic E-state index is 12.5. The van der Waals surface area contributed by atoms with E-state index in [9.17, 15) is 18.0 Å². The molecule has 126 valence electrons. The Morgan fingerprint density at radius 1 is 1.36 bits per heavy atom. The van der Waals surface area contributed by atoms with Gasteiger partial charge >= 0.3 is 6.18 Å². The van der Waals surface area contributed by atoms with E-state index in [2.05, 4.69) is 10.6 Å². The van der Waals surface area contributed by atoms with E-state index in [1.807, 2.05) is 0 Å². The van der Waals surface area contributed by atoms with Crippen molar-refractivity contribution in [2.45, 2.75) is 13.1 Å². The van der Waals surface area contributed by atoms with Gasteiger partial charge in [-0.2, -0.15) is 13.2 Å². The zero-order valence-electron chi connectivity index (χ0n) is 12.4. The molecule has 0 fully saturated rings. The number of nitrogens with one attached hydrogen (secondary N) is 2. The van der Waals surface area contributed by atoms with Crippen LogP contribution in [0.5, 0.6) is 5.75 Å². The number of amides is 1. The molecular formula is C14H20ClF3N2O2. The van der Waals surface area contributed by atoms with Crippen LogP contribution >= 0.6 is 12.4 Å². The highest BCUT2D eigenvalue weighted by Gasteiger charge is 2.30. The second-order valence-electron chi connectivity index (χ2n) is 4.62. The topological polar surface area (TPSA) is 50.4 Å². The van der Waals surface area contributed by atoms with Crippen LogP contribution < -0.4 is 15.4 Å². The van der Waals surface area contributed by atoms with Crippen molar-refractivity contribution in [3.63, 3.8) is 0 Å². The lowest BCUT2D eigenvalue weighted by Crippen LogP contribution is -2.36. The van der Waals surface area contributed by atoms with Gasteiger partial charge in [0.15, 0.2) is 0 Å². The molecule has 8 heteroatoms. The number of carbonyl (C=O) groups excluding carboxylic acids is 1. The summed E-state index contributed by atoms with van der Waals surface area (Å²) in [6.07, 6.45) is -4.39. The van der Waals surface area contributed by atoms with Crippen molar-refractivity contribution in [1.29, 1.82) is 0 Å². The minimum absolute atomic E-state index is 0. The molecule has 1 amide bonds. The first-order valence-corrected chi connectivity index (χ1v) is 6.57. The lowest BCUT2D eigenvalue weighted by atomic mass is 10.1. The van der Waals surface area contributed by atoms with Crippen molar-refractivity contribution in [2.75, 3.05) is 26.7 Å². The van der Waals surface area contributed by atoms with Crippen LogP contribution in [0.25, 0.3) is 0 Å². The molecule has 1 unspecified atom stereocenters. The summed E-state index contributed by atoms with van der Waals surface area (Å²) in [7, 11) is 1.75. The third-order valence-electron chi connectivity index (χ3n) is 2.79. The third kappa shape index (κ3) is 7.00. The molecule has 0 spiro atoms. The van der Waals surface area contributed by atoms with Gasteiger partial charge in [0.25, 0.3) is 0 Å². The summed E-state index contributed by atoms with van der Waals surface area (Å²) in [4.78, 5) is 11.6. The maximum Gasteiger partial charge on any atom is 0.416 e. The molecule has 1 atom stereocenters. The monoisotopic (exact) mass is 340 g/mol. The quantitative estimate of drug-likeness (QED) is 0.750. The molecule has 0 radical (unpaired) electrons. The lowest BCUT2D eigenvalue weighted by molar-refractivity contribution is -0.137. The Hall–Kier alpha value is -1.47. The summed E-state index contributed by atoms with van der Waals surface area (Å²) in [6.45, 7) is 2.68. The summed E-state index contributed by atoms with van der Waals surface area (Å²) in [5, 5.41) is 5.54. The number of carbonyl (C=O) groups is 1. The summed E-state index contributed by atoms with van der Waals surface area (Å²) >= 11 is 0. The Balaban J connectivity index is 0.00000441. The molecule has 1 aromatic rings. The molecule has 1 aromatic carbocycles. The van der Waals surface area contributed by atoms with Gasteiger partial charge in [-0.15, -0.1) is 12.4 Å². The van der Waals surface area contributed by atoms with Crippen molar-refractivity contribution in [2.24, 2.45) is 5.92 Å². The molecule has 0 saturated heterocycles. The van der Waals surface area contributed by atoms with Gasteiger partial charge in [-0.25, -0.2) is 0 Å². The molecule has 4 nitrogen and oxygen atoms in total. The fourth-order valence-electron chi connectivity index (χ4n) is 1.68. The Morgan fingerprint density at radius 3 is 2.64 bits per heavy atom. The second-order valence-corrected chi connectivity index (χ2v) is 4.62. The minimum atomic E-state index is -4.39. The maximum absolute atomic E-state index is 12.5. The van der Waals surface area contributed by atoms with E-state index in [0.29, 0.717) is 6.54 Å². The van der Waals surface area contributed by atoms with Crippen LogP contribution in [0.3, 0.4) is 0 Å². The predicted molar refractivity (Wildman–Crippen MR) is 80.3 cm³/mol. The first-order chi connectivity index (χ1) is 9.84. The van der Waals surface area contributed by atoms with Crippen molar-refractivity contribution >= 4 is 18.3 Å². The van der Waals surface area contributed by atoms with Crippen molar-refractivity contribution in [3.8, 4) is 5.75 Å². The smallest absolute Gasteiger partial charge is 0.416 e. The van der Waals surface area contributed by atoms with E-state index in [0.717, 1.165) is 12.1 Å². The zero-order valence-corrected chi connectivity index (χ0v) is 13.2. The van der Waals surface area contributed by atoms with E-state index < -0.39 is 11.7 Å². The Bertz CT molecular complexity index is 470. The summed E-state index contributed by atoms with van der Waals surface area (Å²) in [6, 6.07) is 4.64. The zero-order chi connectivity index (χ0) is 15.9. The van der Waals surface area contributed by atoms with Crippen molar-refractivity contribution in [1.82, 2.24) is 10.6 Å². The molecule has 22 heavy (non-hydrogen) atoms. The average Bonchev–Trinajstić information content (AvgIpc) is 2.43. The fourth-order valence-corrected chi connectivity index (χ4v) is 1.68. The highest BCUT2D eigenvalue weighted by Crippen LogP contribution is 2.31. The number of hydrogen-bond donors (Lipinski definition) is 2. The largest absolute Gasteiger partial charge is 0.492 e. The molecule has 0 aromatic heterocycles. The predicted octanol–water partition coefficient (Wildman–Crippen LogP) is 2.48. The van der Waals surface area contributed by atoms with Crippen molar-refractivity contribution in [3.05, 3.63) is 29.8 Å². The van der Waals surface area contributed by atoms with Gasteiger partial charge in [0.05, 0.1) is 12.1 Å². The van der Waals surface area contributed by atoms with Gasteiger partial charge < -0.3 is 15.4 Å². The number of hydrogen-bond acceptors (Lipinski definition) is 3. The molecular weight excluding hydrogens is 321 g/mol. The molecule has 0 heterocycles. The number of alkyl halides is 3. The average molecular weight is 341 g/mol. The summed E-state index contributed by atoms with van der Waals surface area (Å²) in [5.41, 5.74) is -0.758. The van der Waals surface area contributed by atoms with Gasteiger partial charge in [-0.1, -0.05) is 13.0 Å². The highest BCUT2D eigenvalue weighted by atomic mass is 35.5. The van der Waals surface area contributed by atoms with Gasteiger partial charge in [-0.3, -0.25) is 4.79 Å². The normalized spacial score (nSPS) is 12.2. The Morgan fingerprint density at radius 2 is 2.05 bits per heavy atom. The van der Waals surface area contributed by atoms with E-state index in [1.165, 1.54) is 12.1 Å². The van der Waals surface area contributed by atoms with E-state index in [-0.39, 0.29) is 43.1 Å². The van der Waals surface area contributed by atoms with Crippen LogP contribution in [0.15, 0.2) is 24.3 Å². The van der Waals surface area contributed by atoms with Crippen LogP contribution in [0, 0.1) is 5.92 Å². The highest BCUT2D eigenvalue weighted by molar-refractivity contribution is 5.85. The molecule has 0 aliphatic heterocycles. The van der Waals surface area contributed by atoms with Gasteiger partial charge in [0, 0.05) is 12.5 Å².